The van der Waals surface area contributed by atoms with Crippen LogP contribution in [0.3, 0.4) is 0 Å². The van der Waals surface area contributed by atoms with Gasteiger partial charge in [0.25, 0.3) is 0 Å². The molecule has 0 bridgehead atoms. The van der Waals surface area contributed by atoms with E-state index in [2.05, 4.69) is 16.4 Å². The van der Waals surface area contributed by atoms with Crippen LogP contribution in [0.2, 0.25) is 0 Å². The van der Waals surface area contributed by atoms with E-state index in [0.717, 1.165) is 32.1 Å². The van der Waals surface area contributed by atoms with Gasteiger partial charge in [-0.25, -0.2) is 4.68 Å². The molecule has 0 atom stereocenters. The van der Waals surface area contributed by atoms with Gasteiger partial charge in [-0.2, -0.15) is 5.26 Å². The van der Waals surface area contributed by atoms with Crippen molar-refractivity contribution in [3.63, 3.8) is 0 Å². The van der Waals surface area contributed by atoms with Gasteiger partial charge in [-0.1, -0.05) is 24.5 Å². The molecule has 7 nitrogen and oxygen atoms in total. The monoisotopic (exact) mass is 316 g/mol. The van der Waals surface area contributed by atoms with Crippen LogP contribution < -0.4 is 5.73 Å². The van der Waals surface area contributed by atoms with E-state index in [4.69, 9.17) is 10.5 Å². The van der Waals surface area contributed by atoms with Gasteiger partial charge in [-0.3, -0.25) is 4.79 Å². The molecule has 123 valence electrons. The van der Waals surface area contributed by atoms with Crippen LogP contribution in [0, 0.1) is 23.2 Å². The Hall–Kier alpha value is -1.94. The minimum atomic E-state index is -0.705. The maximum atomic E-state index is 12.0. The van der Waals surface area contributed by atoms with E-state index in [-0.39, 0.29) is 5.91 Å². The number of primary amides is 1. The summed E-state index contributed by atoms with van der Waals surface area (Å²) in [5.74, 6) is -0.298. The summed E-state index contributed by atoms with van der Waals surface area (Å²) in [6, 6.07) is 2.36. The first-order chi connectivity index (χ1) is 11.1. The Morgan fingerprint density at radius 3 is 2.61 bits per heavy atom. The number of rotatable bonds is 4. The van der Waals surface area contributed by atoms with E-state index in [9.17, 15) is 10.1 Å². The number of nitrogens with zero attached hydrogens (tertiary/aromatic N) is 4. The molecule has 23 heavy (non-hydrogen) atoms. The average molecular weight is 316 g/mol. The van der Waals surface area contributed by atoms with Gasteiger partial charge in [-0.05, 0) is 12.8 Å². The molecule has 1 aliphatic carbocycles. The van der Waals surface area contributed by atoms with E-state index in [0.29, 0.717) is 31.7 Å². The largest absolute Gasteiger partial charge is 0.381 e. The Labute approximate surface area is 135 Å². The highest BCUT2D eigenvalue weighted by Crippen LogP contribution is 2.40. The molecular formula is C16H22N5O2. The SMILES string of the molecule is N#CC1(n2cc([CH]C3(C(N)=O)CCCCC3)nn2)CCOCC1. The third-order valence-electron chi connectivity index (χ3n) is 5.14. The molecule has 0 aromatic carbocycles. The molecule has 1 aromatic heterocycles. The fourth-order valence-electron chi connectivity index (χ4n) is 3.58. The van der Waals surface area contributed by atoms with Crippen molar-refractivity contribution in [1.29, 1.82) is 5.26 Å². The number of ether oxygens (including phenoxy) is 1. The Kier molecular flexibility index (Phi) is 4.35. The molecule has 1 aliphatic heterocycles. The number of amides is 1. The lowest BCUT2D eigenvalue weighted by molar-refractivity contribution is -0.127. The van der Waals surface area contributed by atoms with Crippen molar-refractivity contribution < 1.29 is 9.53 Å². The van der Waals surface area contributed by atoms with Gasteiger partial charge in [0.15, 0.2) is 5.54 Å². The molecule has 2 aliphatic rings. The van der Waals surface area contributed by atoms with Crippen LogP contribution in [0.5, 0.6) is 0 Å². The normalized spacial score (nSPS) is 23.1. The van der Waals surface area contributed by atoms with Crippen LogP contribution in [0.1, 0.15) is 50.6 Å². The van der Waals surface area contributed by atoms with Crippen molar-refractivity contribution >= 4 is 5.91 Å². The van der Waals surface area contributed by atoms with Crippen molar-refractivity contribution in [2.45, 2.75) is 50.5 Å². The minimum Gasteiger partial charge on any atom is -0.381 e. The lowest BCUT2D eigenvalue weighted by atomic mass is 9.70. The Bertz CT molecular complexity index is 606. The number of hydrogen-bond donors (Lipinski definition) is 1. The maximum absolute atomic E-state index is 12.0. The first-order valence-electron chi connectivity index (χ1n) is 8.18. The second kappa shape index (κ2) is 6.28. The van der Waals surface area contributed by atoms with Gasteiger partial charge in [-0.15, -0.1) is 5.10 Å². The van der Waals surface area contributed by atoms with Gasteiger partial charge < -0.3 is 10.5 Å². The molecule has 3 rings (SSSR count). The number of carbonyl (C=O) groups excluding carboxylic acids is 1. The summed E-state index contributed by atoms with van der Waals surface area (Å²) in [6.45, 7) is 1.08. The second-order valence-electron chi connectivity index (χ2n) is 6.57. The van der Waals surface area contributed by atoms with E-state index in [1.165, 1.54) is 0 Å². The van der Waals surface area contributed by atoms with E-state index in [1.807, 2.05) is 6.42 Å². The smallest absolute Gasteiger partial charge is 0.224 e. The van der Waals surface area contributed by atoms with Gasteiger partial charge in [0, 0.05) is 32.5 Å². The molecule has 1 radical (unpaired) electrons. The third kappa shape index (κ3) is 2.95. The van der Waals surface area contributed by atoms with Crippen LogP contribution in [0.25, 0.3) is 0 Å². The van der Waals surface area contributed by atoms with Crippen LogP contribution in [0.4, 0.5) is 0 Å². The second-order valence-corrected chi connectivity index (χ2v) is 6.57. The fraction of sp³-hybridized carbons (Fsp3) is 0.688. The summed E-state index contributed by atoms with van der Waals surface area (Å²) in [6.07, 6.45) is 9.42. The highest BCUT2D eigenvalue weighted by Gasteiger charge is 2.40. The van der Waals surface area contributed by atoms with Crippen molar-refractivity contribution in [1.82, 2.24) is 15.0 Å². The summed E-state index contributed by atoms with van der Waals surface area (Å²) in [5, 5.41) is 17.9. The van der Waals surface area contributed by atoms with Gasteiger partial charge in [0.05, 0.1) is 23.4 Å². The topological polar surface area (TPSA) is 107 Å². The molecule has 0 unspecified atom stereocenters. The fourth-order valence-corrected chi connectivity index (χ4v) is 3.58. The molecule has 2 fully saturated rings. The van der Waals surface area contributed by atoms with Crippen LogP contribution in [-0.2, 0) is 15.1 Å². The number of nitrogens with two attached hydrogens (primary N) is 1. The van der Waals surface area contributed by atoms with Crippen LogP contribution >= 0.6 is 0 Å². The molecule has 1 saturated heterocycles. The molecule has 7 heteroatoms. The van der Waals surface area contributed by atoms with Gasteiger partial charge in [0.1, 0.15) is 0 Å². The first-order valence-corrected chi connectivity index (χ1v) is 8.18. The number of hydrogen-bond acceptors (Lipinski definition) is 5. The van der Waals surface area contributed by atoms with E-state index < -0.39 is 11.0 Å². The number of aromatic nitrogens is 3. The van der Waals surface area contributed by atoms with Gasteiger partial charge in [0.2, 0.25) is 5.91 Å². The van der Waals surface area contributed by atoms with Crippen molar-refractivity contribution in [3.8, 4) is 6.07 Å². The van der Waals surface area contributed by atoms with Crippen molar-refractivity contribution in [2.75, 3.05) is 13.2 Å². The summed E-state index contributed by atoms with van der Waals surface area (Å²) in [7, 11) is 0. The zero-order valence-electron chi connectivity index (χ0n) is 13.2. The number of nitriles is 1. The minimum absolute atomic E-state index is 0.298. The van der Waals surface area contributed by atoms with Gasteiger partial charge >= 0.3 is 0 Å². The standard InChI is InChI=1S/C16H22N5O2/c17-12-16(6-8-23-9-7-16)21-11-13(19-20-21)10-15(14(18)22)4-2-1-3-5-15/h10-11H,1-9H2,(H2,18,22). The van der Waals surface area contributed by atoms with Crippen molar-refractivity contribution in [3.05, 3.63) is 18.3 Å². The molecule has 2 N–H and O–H groups in total. The molecule has 0 spiro atoms. The Morgan fingerprint density at radius 1 is 1.30 bits per heavy atom. The van der Waals surface area contributed by atoms with Crippen molar-refractivity contribution in [2.24, 2.45) is 11.1 Å². The lowest BCUT2D eigenvalue weighted by Crippen LogP contribution is -2.40. The lowest BCUT2D eigenvalue weighted by Gasteiger charge is -2.33. The Balaban J connectivity index is 1.81. The zero-order valence-corrected chi connectivity index (χ0v) is 13.2. The average Bonchev–Trinajstić information content (AvgIpc) is 3.05. The number of carbonyl (C=O) groups is 1. The molecular weight excluding hydrogens is 294 g/mol. The predicted octanol–water partition coefficient (Wildman–Crippen LogP) is 1.30. The Morgan fingerprint density at radius 2 is 2.00 bits per heavy atom. The molecule has 1 saturated carbocycles. The molecule has 1 aromatic rings. The first kappa shape index (κ1) is 15.9. The quantitative estimate of drug-likeness (QED) is 0.901. The summed E-state index contributed by atoms with van der Waals surface area (Å²) < 4.78 is 6.97. The predicted molar refractivity (Wildman–Crippen MR) is 81.8 cm³/mol. The summed E-state index contributed by atoms with van der Waals surface area (Å²) >= 11 is 0. The van der Waals surface area contributed by atoms with Crippen LogP contribution in [0.15, 0.2) is 6.20 Å². The maximum Gasteiger partial charge on any atom is 0.224 e. The zero-order chi connectivity index (χ0) is 16.3. The summed E-state index contributed by atoms with van der Waals surface area (Å²) in [4.78, 5) is 12.0. The van der Waals surface area contributed by atoms with Crippen LogP contribution in [-0.4, -0.2) is 34.1 Å². The summed E-state index contributed by atoms with van der Waals surface area (Å²) in [5.41, 5.74) is 4.94. The third-order valence-corrected chi connectivity index (χ3v) is 5.14. The molecule has 1 amide bonds. The molecule has 2 heterocycles. The van der Waals surface area contributed by atoms with E-state index in [1.54, 1.807) is 10.9 Å². The highest BCUT2D eigenvalue weighted by molar-refractivity contribution is 5.83. The van der Waals surface area contributed by atoms with E-state index >= 15 is 0 Å². The highest BCUT2D eigenvalue weighted by atomic mass is 16.5.